The largest absolute Gasteiger partial charge is 0.375 e. The van der Waals surface area contributed by atoms with Crippen molar-refractivity contribution in [3.8, 4) is 0 Å². The molecule has 0 aliphatic carbocycles. The van der Waals surface area contributed by atoms with Crippen LogP contribution in [0.3, 0.4) is 0 Å². The van der Waals surface area contributed by atoms with E-state index in [9.17, 15) is 0 Å². The molecule has 0 amide bonds. The Morgan fingerprint density at radius 2 is 1.95 bits per heavy atom. The summed E-state index contributed by atoms with van der Waals surface area (Å²) in [5, 5.41) is 9.67. The maximum absolute atomic E-state index is 5.60. The van der Waals surface area contributed by atoms with Gasteiger partial charge < -0.3 is 10.3 Å². The fourth-order valence-corrected chi connectivity index (χ4v) is 3.18. The molecule has 0 bridgehead atoms. The Morgan fingerprint density at radius 3 is 2.67 bits per heavy atom. The van der Waals surface area contributed by atoms with Crippen molar-refractivity contribution >= 4 is 27.8 Å². The van der Waals surface area contributed by atoms with E-state index < -0.39 is 0 Å². The Hall–Kier alpha value is -1.80. The lowest BCUT2D eigenvalue weighted by molar-refractivity contribution is 0.371. The number of rotatable bonds is 6. The van der Waals surface area contributed by atoms with Gasteiger partial charge in [-0.2, -0.15) is 4.98 Å². The summed E-state index contributed by atoms with van der Waals surface area (Å²) in [7, 11) is 0. The van der Waals surface area contributed by atoms with Gasteiger partial charge in [-0.15, -0.1) is 22.7 Å². The van der Waals surface area contributed by atoms with Crippen molar-refractivity contribution in [2.24, 2.45) is 0 Å². The van der Waals surface area contributed by atoms with E-state index in [1.807, 2.05) is 17.7 Å². The molecule has 0 saturated carbocycles. The Kier molecular flexibility index (Phi) is 4.26. The smallest absolute Gasteiger partial charge is 0.226 e. The van der Waals surface area contributed by atoms with Crippen molar-refractivity contribution in [1.29, 1.82) is 0 Å². The molecule has 0 spiro atoms. The van der Waals surface area contributed by atoms with Gasteiger partial charge in [0.25, 0.3) is 0 Å². The Balaban J connectivity index is 1.50. The minimum Gasteiger partial charge on any atom is -0.375 e. The van der Waals surface area contributed by atoms with Gasteiger partial charge in [-0.25, -0.2) is 9.97 Å². The first-order valence-corrected chi connectivity index (χ1v) is 8.37. The number of thiazole rings is 2. The highest BCUT2D eigenvalue weighted by Crippen LogP contribution is 2.14. The summed E-state index contributed by atoms with van der Waals surface area (Å²) in [5.74, 6) is 1.35. The van der Waals surface area contributed by atoms with Crippen molar-refractivity contribution in [2.75, 3.05) is 5.73 Å². The third-order valence-electron chi connectivity index (χ3n) is 2.91. The van der Waals surface area contributed by atoms with Crippen LogP contribution >= 0.6 is 22.7 Å². The van der Waals surface area contributed by atoms with Crippen LogP contribution < -0.4 is 5.73 Å². The van der Waals surface area contributed by atoms with Gasteiger partial charge >= 0.3 is 0 Å². The number of aryl methyl sites for hydroxylation is 3. The minimum absolute atomic E-state index is 0.614. The first kappa shape index (κ1) is 14.2. The van der Waals surface area contributed by atoms with Crippen LogP contribution in [0.5, 0.6) is 0 Å². The average molecular weight is 321 g/mol. The van der Waals surface area contributed by atoms with Gasteiger partial charge in [0, 0.05) is 17.2 Å². The first-order valence-electron chi connectivity index (χ1n) is 6.61. The number of hydrogen-bond acceptors (Lipinski definition) is 8. The molecule has 0 radical (unpaired) electrons. The summed E-state index contributed by atoms with van der Waals surface area (Å²) >= 11 is 3.10. The van der Waals surface area contributed by atoms with E-state index in [4.69, 9.17) is 10.3 Å². The third-order valence-corrected chi connectivity index (χ3v) is 4.45. The average Bonchev–Trinajstić information content (AvgIpc) is 3.14. The summed E-state index contributed by atoms with van der Waals surface area (Å²) in [6.45, 7) is 1.99. The lowest BCUT2D eigenvalue weighted by Gasteiger charge is -1.93. The topological polar surface area (TPSA) is 90.7 Å². The minimum atomic E-state index is 0.614. The Bertz CT molecular complexity index is 718. The van der Waals surface area contributed by atoms with Gasteiger partial charge in [-0.3, -0.25) is 0 Å². The molecule has 0 atom stereocenters. The number of hydrogen-bond donors (Lipinski definition) is 1. The monoisotopic (exact) mass is 321 g/mol. The summed E-state index contributed by atoms with van der Waals surface area (Å²) in [6, 6.07) is 0. The summed E-state index contributed by atoms with van der Waals surface area (Å²) < 4.78 is 5.26. The summed E-state index contributed by atoms with van der Waals surface area (Å²) in [6.07, 6.45) is 3.16. The second-order valence-electron chi connectivity index (χ2n) is 4.67. The zero-order valence-corrected chi connectivity index (χ0v) is 13.2. The fourth-order valence-electron chi connectivity index (χ4n) is 1.97. The van der Waals surface area contributed by atoms with Crippen LogP contribution in [0.15, 0.2) is 15.3 Å². The third kappa shape index (κ3) is 3.85. The van der Waals surface area contributed by atoms with Crippen molar-refractivity contribution in [3.05, 3.63) is 38.9 Å². The standard InChI is InChI=1S/C13H15N5OS2/c1-8-15-10(7-20-8)5-11-17-12(19-18-11)4-2-3-9-6-21-13(14)16-9/h6-7H,2-5H2,1H3,(H2,14,16). The molecule has 3 aromatic heterocycles. The molecule has 21 heavy (non-hydrogen) atoms. The first-order chi connectivity index (χ1) is 10.2. The van der Waals surface area contributed by atoms with Crippen LogP contribution in [-0.4, -0.2) is 20.1 Å². The normalized spacial score (nSPS) is 11.1. The van der Waals surface area contributed by atoms with Crippen LogP contribution in [0, 0.1) is 6.92 Å². The number of nitrogen functional groups attached to an aromatic ring is 1. The van der Waals surface area contributed by atoms with Gasteiger partial charge in [0.05, 0.1) is 22.8 Å². The predicted octanol–water partition coefficient (Wildman–Crippen LogP) is 2.64. The lowest BCUT2D eigenvalue weighted by Crippen LogP contribution is -1.94. The predicted molar refractivity (Wildman–Crippen MR) is 82.5 cm³/mol. The van der Waals surface area contributed by atoms with Crippen LogP contribution in [-0.2, 0) is 19.3 Å². The molecule has 0 aromatic carbocycles. The summed E-state index contributed by atoms with van der Waals surface area (Å²) in [5.41, 5.74) is 7.61. The van der Waals surface area contributed by atoms with E-state index in [2.05, 4.69) is 20.1 Å². The number of nitrogens with two attached hydrogens (primary N) is 1. The highest BCUT2D eigenvalue weighted by molar-refractivity contribution is 7.13. The molecule has 8 heteroatoms. The zero-order chi connectivity index (χ0) is 14.7. The van der Waals surface area contributed by atoms with Crippen LogP contribution in [0.25, 0.3) is 0 Å². The molecular weight excluding hydrogens is 306 g/mol. The van der Waals surface area contributed by atoms with Crippen LogP contribution in [0.1, 0.15) is 34.5 Å². The van der Waals surface area contributed by atoms with Crippen molar-refractivity contribution in [1.82, 2.24) is 20.1 Å². The van der Waals surface area contributed by atoms with E-state index in [0.717, 1.165) is 35.7 Å². The van der Waals surface area contributed by atoms with Crippen LogP contribution in [0.4, 0.5) is 5.13 Å². The highest BCUT2D eigenvalue weighted by atomic mass is 32.1. The van der Waals surface area contributed by atoms with E-state index >= 15 is 0 Å². The van der Waals surface area contributed by atoms with Gasteiger partial charge in [-0.05, 0) is 19.8 Å². The van der Waals surface area contributed by atoms with Crippen LogP contribution in [0.2, 0.25) is 0 Å². The summed E-state index contributed by atoms with van der Waals surface area (Å²) in [4.78, 5) is 13.0. The Morgan fingerprint density at radius 1 is 1.10 bits per heavy atom. The van der Waals surface area contributed by atoms with E-state index in [1.54, 1.807) is 11.3 Å². The molecule has 3 aromatic rings. The maximum atomic E-state index is 5.60. The second-order valence-corrected chi connectivity index (χ2v) is 6.62. The van der Waals surface area contributed by atoms with Crippen molar-refractivity contribution in [2.45, 2.75) is 32.6 Å². The van der Waals surface area contributed by atoms with Crippen molar-refractivity contribution in [3.63, 3.8) is 0 Å². The highest BCUT2D eigenvalue weighted by Gasteiger charge is 2.09. The van der Waals surface area contributed by atoms with E-state index in [1.165, 1.54) is 11.3 Å². The molecule has 2 N–H and O–H groups in total. The van der Waals surface area contributed by atoms with E-state index in [-0.39, 0.29) is 0 Å². The molecule has 0 aliphatic rings. The molecule has 6 nitrogen and oxygen atoms in total. The molecule has 0 unspecified atom stereocenters. The zero-order valence-electron chi connectivity index (χ0n) is 11.6. The van der Waals surface area contributed by atoms with Gasteiger partial charge in [-0.1, -0.05) is 5.16 Å². The molecule has 0 saturated heterocycles. The van der Waals surface area contributed by atoms with Gasteiger partial charge in [0.2, 0.25) is 5.89 Å². The number of nitrogens with zero attached hydrogens (tertiary/aromatic N) is 4. The SMILES string of the molecule is Cc1nc(Cc2noc(CCCc3csc(N)n3)n2)cs1. The molecule has 0 fully saturated rings. The van der Waals surface area contributed by atoms with Gasteiger partial charge in [0.15, 0.2) is 11.0 Å². The lowest BCUT2D eigenvalue weighted by atomic mass is 10.2. The molecule has 3 rings (SSSR count). The maximum Gasteiger partial charge on any atom is 0.226 e. The second kappa shape index (κ2) is 6.31. The number of anilines is 1. The van der Waals surface area contributed by atoms with E-state index in [0.29, 0.717) is 23.3 Å². The fraction of sp³-hybridized carbons (Fsp3) is 0.385. The van der Waals surface area contributed by atoms with Gasteiger partial charge in [0.1, 0.15) is 0 Å². The molecule has 0 aliphatic heterocycles. The quantitative estimate of drug-likeness (QED) is 0.750. The van der Waals surface area contributed by atoms with Crippen molar-refractivity contribution < 1.29 is 4.52 Å². The molecular formula is C13H15N5OS2. The molecule has 3 heterocycles. The molecule has 110 valence electrons. The Labute approximate surface area is 130 Å². The number of aromatic nitrogens is 4.